The van der Waals surface area contributed by atoms with Crippen LogP contribution in [0.15, 0.2) is 80.6 Å². The molecule has 4 aromatic rings. The van der Waals surface area contributed by atoms with Crippen molar-refractivity contribution in [3.63, 3.8) is 0 Å². The maximum absolute atomic E-state index is 14.2. The maximum atomic E-state index is 14.2. The van der Waals surface area contributed by atoms with Gasteiger partial charge in [-0.15, -0.1) is 0 Å². The third kappa shape index (κ3) is 2.42. The van der Waals surface area contributed by atoms with E-state index < -0.39 is 11.4 Å². The normalized spacial score (nSPS) is 19.1. The fourth-order valence-corrected chi connectivity index (χ4v) is 5.16. The minimum Gasteiger partial charge on any atom is -0.467 e. The zero-order valence-electron chi connectivity index (χ0n) is 17.9. The van der Waals surface area contributed by atoms with E-state index in [1.54, 1.807) is 41.3 Å². The number of carbonyl (C=O) groups is 2. The molecule has 4 heterocycles. The molecule has 0 saturated carbocycles. The fraction of sp³-hybridized carbons (Fsp3) is 0.192. The van der Waals surface area contributed by atoms with Gasteiger partial charge in [-0.3, -0.25) is 14.4 Å². The first-order valence-electron chi connectivity index (χ1n) is 10.9. The topological polar surface area (TPSA) is 84.0 Å². The van der Waals surface area contributed by atoms with Gasteiger partial charge in [0.1, 0.15) is 11.3 Å². The summed E-state index contributed by atoms with van der Waals surface area (Å²) in [5.41, 5.74) is -0.298. The molecule has 0 bridgehead atoms. The molecule has 6 rings (SSSR count). The highest BCUT2D eigenvalue weighted by molar-refractivity contribution is 6.17. The molecule has 1 atom stereocenters. The number of furan rings is 1. The van der Waals surface area contributed by atoms with Crippen LogP contribution < -0.4 is 10.3 Å². The Morgan fingerprint density at radius 1 is 0.939 bits per heavy atom. The highest BCUT2D eigenvalue weighted by atomic mass is 16.4. The van der Waals surface area contributed by atoms with E-state index in [2.05, 4.69) is 0 Å². The molecule has 7 nitrogen and oxygen atoms in total. The summed E-state index contributed by atoms with van der Waals surface area (Å²) in [5.74, 6) is -0.420. The van der Waals surface area contributed by atoms with Gasteiger partial charge in [-0.1, -0.05) is 37.3 Å². The lowest BCUT2D eigenvalue weighted by atomic mass is 9.84. The third-order valence-electron chi connectivity index (χ3n) is 6.48. The second-order valence-corrected chi connectivity index (χ2v) is 8.29. The summed E-state index contributed by atoms with van der Waals surface area (Å²) in [5, 5.41) is 0.336. The van der Waals surface area contributed by atoms with Crippen LogP contribution in [0.2, 0.25) is 0 Å². The van der Waals surface area contributed by atoms with Crippen LogP contribution >= 0.6 is 0 Å². The van der Waals surface area contributed by atoms with Crippen molar-refractivity contribution in [3.8, 4) is 0 Å². The van der Waals surface area contributed by atoms with E-state index in [1.807, 2.05) is 31.2 Å². The molecule has 2 aliphatic heterocycles. The summed E-state index contributed by atoms with van der Waals surface area (Å²) < 4.78 is 11.5. The van der Waals surface area contributed by atoms with Crippen molar-refractivity contribution in [1.29, 1.82) is 0 Å². The quantitative estimate of drug-likeness (QED) is 0.478. The number of fused-ring (bicyclic) bond motifs is 5. The molecular formula is C26H20N2O5. The third-order valence-corrected chi connectivity index (χ3v) is 6.48. The average Bonchev–Trinajstić information content (AvgIpc) is 3.49. The van der Waals surface area contributed by atoms with E-state index in [-0.39, 0.29) is 29.2 Å². The summed E-state index contributed by atoms with van der Waals surface area (Å²) in [6.07, 6.45) is 2.24. The van der Waals surface area contributed by atoms with Crippen LogP contribution in [0.1, 0.15) is 40.8 Å². The van der Waals surface area contributed by atoms with E-state index in [4.69, 9.17) is 8.83 Å². The average molecular weight is 440 g/mol. The minimum atomic E-state index is -1.62. The van der Waals surface area contributed by atoms with Gasteiger partial charge in [-0.2, -0.15) is 0 Å². The van der Waals surface area contributed by atoms with Crippen LogP contribution in [0.5, 0.6) is 0 Å². The van der Waals surface area contributed by atoms with Gasteiger partial charge in [0, 0.05) is 12.1 Å². The summed E-state index contributed by atoms with van der Waals surface area (Å²) in [6, 6.07) is 17.6. The Hall–Kier alpha value is -4.13. The lowest BCUT2D eigenvalue weighted by molar-refractivity contribution is -0.126. The number of carbonyl (C=O) groups excluding carboxylic acids is 2. The number of benzene rings is 2. The molecule has 0 fully saturated rings. The Morgan fingerprint density at radius 2 is 1.73 bits per heavy atom. The molecule has 1 unspecified atom stereocenters. The number of anilines is 1. The highest BCUT2D eigenvalue weighted by Crippen LogP contribution is 2.53. The zero-order valence-corrected chi connectivity index (χ0v) is 17.9. The van der Waals surface area contributed by atoms with Gasteiger partial charge in [0.15, 0.2) is 11.0 Å². The van der Waals surface area contributed by atoms with Crippen LogP contribution in [-0.2, 0) is 16.9 Å². The van der Waals surface area contributed by atoms with Crippen molar-refractivity contribution in [2.75, 3.05) is 11.4 Å². The Labute approximate surface area is 188 Å². The van der Waals surface area contributed by atoms with Gasteiger partial charge in [0.25, 0.3) is 11.8 Å². The zero-order chi connectivity index (χ0) is 22.7. The van der Waals surface area contributed by atoms with Crippen molar-refractivity contribution < 1.29 is 18.4 Å². The summed E-state index contributed by atoms with van der Waals surface area (Å²) in [6.45, 7) is 2.47. The number of hydrogen-bond acceptors (Lipinski definition) is 5. The molecule has 33 heavy (non-hydrogen) atoms. The van der Waals surface area contributed by atoms with E-state index in [9.17, 15) is 14.4 Å². The lowest BCUT2D eigenvalue weighted by Crippen LogP contribution is -2.53. The van der Waals surface area contributed by atoms with Crippen LogP contribution in [0.25, 0.3) is 11.0 Å². The second kappa shape index (κ2) is 6.93. The largest absolute Gasteiger partial charge is 0.467 e. The predicted molar refractivity (Wildman–Crippen MR) is 121 cm³/mol. The van der Waals surface area contributed by atoms with Gasteiger partial charge in [-0.25, -0.2) is 0 Å². The SMILES string of the molecule is CCCN1C(=O)C2(c3ccccc31)c1c(oc3ccccc3c1=O)C(=O)N2Cc1ccco1. The Morgan fingerprint density at radius 3 is 2.52 bits per heavy atom. The Balaban J connectivity index is 1.72. The maximum Gasteiger partial charge on any atom is 0.291 e. The van der Waals surface area contributed by atoms with Crippen LogP contribution in [-0.4, -0.2) is 23.3 Å². The number of amides is 2. The van der Waals surface area contributed by atoms with Crippen molar-refractivity contribution >= 4 is 28.5 Å². The van der Waals surface area contributed by atoms with Crippen LogP contribution in [0.4, 0.5) is 5.69 Å². The molecule has 164 valence electrons. The standard InChI is InChI=1S/C26H20N2O5/c1-2-13-27-19-11-5-4-10-18(19)26(25(27)31)21-22(29)17-9-3-6-12-20(17)33-23(21)24(30)28(26)15-16-8-7-14-32-16/h3-12,14H,2,13,15H2,1H3. The molecule has 1 spiro atoms. The molecule has 2 aromatic heterocycles. The smallest absolute Gasteiger partial charge is 0.291 e. The number of rotatable bonds is 4. The first-order valence-corrected chi connectivity index (χ1v) is 10.9. The number of nitrogens with zero attached hydrogens (tertiary/aromatic N) is 2. The van der Waals surface area contributed by atoms with Crippen molar-refractivity contribution in [1.82, 2.24) is 4.90 Å². The molecule has 0 saturated heterocycles. The molecule has 7 heteroatoms. The van der Waals surface area contributed by atoms with Gasteiger partial charge < -0.3 is 18.6 Å². The fourth-order valence-electron chi connectivity index (χ4n) is 5.16. The Bertz CT molecular complexity index is 1490. The van der Waals surface area contributed by atoms with E-state index in [0.717, 1.165) is 6.42 Å². The van der Waals surface area contributed by atoms with Crippen molar-refractivity contribution in [2.45, 2.75) is 25.4 Å². The van der Waals surface area contributed by atoms with Crippen molar-refractivity contribution in [3.05, 3.63) is 99.8 Å². The first kappa shape index (κ1) is 19.5. The van der Waals surface area contributed by atoms with E-state index in [0.29, 0.717) is 34.5 Å². The van der Waals surface area contributed by atoms with Crippen LogP contribution in [0.3, 0.4) is 0 Å². The molecule has 2 aliphatic rings. The molecule has 2 amide bonds. The predicted octanol–water partition coefficient (Wildman–Crippen LogP) is 4.04. The van der Waals surface area contributed by atoms with Crippen LogP contribution in [0, 0.1) is 0 Å². The minimum absolute atomic E-state index is 0.0197. The first-order chi connectivity index (χ1) is 16.1. The molecular weight excluding hydrogens is 420 g/mol. The molecule has 0 radical (unpaired) electrons. The molecule has 0 N–H and O–H groups in total. The summed E-state index contributed by atoms with van der Waals surface area (Å²) >= 11 is 0. The van der Waals surface area contributed by atoms with Gasteiger partial charge >= 0.3 is 0 Å². The monoisotopic (exact) mass is 440 g/mol. The highest BCUT2D eigenvalue weighted by Gasteiger charge is 2.65. The Kier molecular flexibility index (Phi) is 4.11. The lowest BCUT2D eigenvalue weighted by Gasteiger charge is -2.33. The van der Waals surface area contributed by atoms with Gasteiger partial charge in [-0.05, 0) is 36.8 Å². The summed E-state index contributed by atoms with van der Waals surface area (Å²) in [7, 11) is 0. The second-order valence-electron chi connectivity index (χ2n) is 8.29. The van der Waals surface area contributed by atoms with Gasteiger partial charge in [0.05, 0.1) is 29.4 Å². The number of hydrogen-bond donors (Lipinski definition) is 0. The molecule has 2 aromatic carbocycles. The van der Waals surface area contributed by atoms with E-state index in [1.165, 1.54) is 11.2 Å². The number of para-hydroxylation sites is 2. The summed E-state index contributed by atoms with van der Waals surface area (Å²) in [4.78, 5) is 45.0. The van der Waals surface area contributed by atoms with Gasteiger partial charge in [0.2, 0.25) is 5.76 Å². The molecule has 0 aliphatic carbocycles. The van der Waals surface area contributed by atoms with Crippen molar-refractivity contribution in [2.24, 2.45) is 0 Å². The van der Waals surface area contributed by atoms with E-state index >= 15 is 0 Å².